The van der Waals surface area contributed by atoms with E-state index in [9.17, 15) is 19.7 Å². The molecule has 2 unspecified atom stereocenters. The predicted molar refractivity (Wildman–Crippen MR) is 71.4 cm³/mol. The number of non-ortho nitro benzene ring substituents is 1. The Morgan fingerprint density at radius 3 is 2.65 bits per heavy atom. The van der Waals surface area contributed by atoms with Crippen molar-refractivity contribution in [3.05, 3.63) is 39.9 Å². The predicted octanol–water partition coefficient (Wildman–Crippen LogP) is -0.0253. The average molecular weight is 280 g/mol. The van der Waals surface area contributed by atoms with E-state index in [0.717, 1.165) is 0 Å². The number of rotatable bonds is 6. The molecular formula is C12H16N4O4. The molecule has 1 rings (SSSR count). The van der Waals surface area contributed by atoms with E-state index in [0.29, 0.717) is 5.56 Å². The summed E-state index contributed by atoms with van der Waals surface area (Å²) in [4.78, 5) is 32.5. The van der Waals surface area contributed by atoms with Crippen molar-refractivity contribution in [2.75, 3.05) is 0 Å². The zero-order chi connectivity index (χ0) is 15.3. The maximum atomic E-state index is 11.7. The molecule has 0 saturated heterocycles. The van der Waals surface area contributed by atoms with Gasteiger partial charge in [-0.05, 0) is 12.5 Å². The van der Waals surface area contributed by atoms with Crippen LogP contribution in [0.3, 0.4) is 0 Å². The van der Waals surface area contributed by atoms with Crippen molar-refractivity contribution in [3.8, 4) is 0 Å². The van der Waals surface area contributed by atoms with Crippen LogP contribution in [-0.4, -0.2) is 22.8 Å². The van der Waals surface area contributed by atoms with Gasteiger partial charge < -0.3 is 16.8 Å². The van der Waals surface area contributed by atoms with Gasteiger partial charge in [-0.1, -0.05) is 12.1 Å². The molecule has 0 bridgehead atoms. The van der Waals surface area contributed by atoms with Crippen LogP contribution in [0.4, 0.5) is 5.69 Å². The molecule has 1 aromatic rings. The van der Waals surface area contributed by atoms with Crippen molar-refractivity contribution in [3.63, 3.8) is 0 Å². The van der Waals surface area contributed by atoms with Gasteiger partial charge in [-0.15, -0.1) is 0 Å². The Morgan fingerprint density at radius 2 is 2.10 bits per heavy atom. The number of amides is 2. The number of hydrogen-bond acceptors (Lipinski definition) is 5. The van der Waals surface area contributed by atoms with Gasteiger partial charge in [-0.3, -0.25) is 19.7 Å². The van der Waals surface area contributed by atoms with E-state index in [1.54, 1.807) is 13.0 Å². The molecule has 0 heterocycles. The molecule has 108 valence electrons. The quantitative estimate of drug-likeness (QED) is 0.495. The zero-order valence-electron chi connectivity index (χ0n) is 10.9. The van der Waals surface area contributed by atoms with Crippen LogP contribution in [0.25, 0.3) is 0 Å². The summed E-state index contributed by atoms with van der Waals surface area (Å²) in [6.45, 7) is 1.66. The lowest BCUT2D eigenvalue weighted by atomic mass is 10.1. The lowest BCUT2D eigenvalue weighted by Crippen LogP contribution is -2.43. The number of hydrogen-bond donors (Lipinski definition) is 3. The smallest absolute Gasteiger partial charge is 0.269 e. The van der Waals surface area contributed by atoms with Crippen molar-refractivity contribution in [1.29, 1.82) is 0 Å². The number of carbonyl (C=O) groups excluding carboxylic acids is 2. The maximum absolute atomic E-state index is 11.7. The summed E-state index contributed by atoms with van der Waals surface area (Å²) < 4.78 is 0. The van der Waals surface area contributed by atoms with Crippen LogP contribution >= 0.6 is 0 Å². The highest BCUT2D eigenvalue weighted by atomic mass is 16.6. The molecule has 2 amide bonds. The second-order valence-electron chi connectivity index (χ2n) is 4.36. The Bertz CT molecular complexity index is 532. The molecule has 8 heteroatoms. The Hall–Kier alpha value is -2.48. The largest absolute Gasteiger partial charge is 0.370 e. The Morgan fingerprint density at radius 1 is 1.45 bits per heavy atom. The first kappa shape index (κ1) is 15.6. The fraction of sp³-hybridized carbons (Fsp3) is 0.333. The number of carbonyl (C=O) groups is 2. The van der Waals surface area contributed by atoms with E-state index >= 15 is 0 Å². The van der Waals surface area contributed by atoms with Crippen molar-refractivity contribution in [1.82, 2.24) is 5.32 Å². The summed E-state index contributed by atoms with van der Waals surface area (Å²) >= 11 is 0. The van der Waals surface area contributed by atoms with Crippen LogP contribution in [0.1, 0.15) is 24.9 Å². The van der Waals surface area contributed by atoms with Gasteiger partial charge in [0.25, 0.3) is 5.69 Å². The minimum atomic E-state index is -1.03. The van der Waals surface area contributed by atoms with Gasteiger partial charge in [-0.2, -0.15) is 0 Å². The third-order valence-electron chi connectivity index (χ3n) is 2.70. The van der Waals surface area contributed by atoms with Crippen LogP contribution in [0, 0.1) is 10.1 Å². The maximum Gasteiger partial charge on any atom is 0.269 e. The summed E-state index contributed by atoms with van der Waals surface area (Å²) in [7, 11) is 0. The van der Waals surface area contributed by atoms with E-state index in [1.807, 2.05) is 0 Å². The summed E-state index contributed by atoms with van der Waals surface area (Å²) in [6, 6.07) is 4.40. The lowest BCUT2D eigenvalue weighted by molar-refractivity contribution is -0.384. The molecule has 0 saturated carbocycles. The summed E-state index contributed by atoms with van der Waals surface area (Å²) in [5.41, 5.74) is 11.0. The second-order valence-corrected chi connectivity index (χ2v) is 4.36. The van der Waals surface area contributed by atoms with Crippen molar-refractivity contribution in [2.45, 2.75) is 25.4 Å². The minimum Gasteiger partial charge on any atom is -0.370 e. The molecule has 0 radical (unpaired) electrons. The lowest BCUT2D eigenvalue weighted by Gasteiger charge is -2.17. The van der Waals surface area contributed by atoms with Crippen LogP contribution in [0.5, 0.6) is 0 Å². The van der Waals surface area contributed by atoms with Gasteiger partial charge in [0.05, 0.1) is 23.4 Å². The van der Waals surface area contributed by atoms with Gasteiger partial charge in [0.15, 0.2) is 0 Å². The topological polar surface area (TPSA) is 141 Å². The van der Waals surface area contributed by atoms with Gasteiger partial charge in [0.2, 0.25) is 11.8 Å². The van der Waals surface area contributed by atoms with E-state index in [2.05, 4.69) is 5.32 Å². The van der Waals surface area contributed by atoms with Crippen LogP contribution < -0.4 is 16.8 Å². The molecule has 0 fully saturated rings. The molecule has 1 aromatic carbocycles. The van der Waals surface area contributed by atoms with Gasteiger partial charge in [-0.25, -0.2) is 0 Å². The molecule has 0 aromatic heterocycles. The first-order chi connectivity index (χ1) is 9.31. The van der Waals surface area contributed by atoms with Crippen LogP contribution in [0.2, 0.25) is 0 Å². The normalized spacial score (nSPS) is 13.3. The van der Waals surface area contributed by atoms with Crippen LogP contribution in [-0.2, 0) is 9.59 Å². The number of nitro groups is 1. The summed E-state index contributed by atoms with van der Waals surface area (Å²) in [5, 5.41) is 13.2. The Labute approximate surface area is 115 Å². The molecule has 20 heavy (non-hydrogen) atoms. The van der Waals surface area contributed by atoms with E-state index in [1.165, 1.54) is 18.2 Å². The first-order valence-corrected chi connectivity index (χ1v) is 5.90. The van der Waals surface area contributed by atoms with Gasteiger partial charge in [0, 0.05) is 12.1 Å². The Balaban J connectivity index is 2.73. The molecule has 0 aliphatic heterocycles. The molecule has 0 spiro atoms. The van der Waals surface area contributed by atoms with E-state index in [-0.39, 0.29) is 12.1 Å². The SMILES string of the molecule is CC(NC(=O)C(N)CC(N)=O)c1cccc([N+](=O)[O-])c1. The third kappa shape index (κ3) is 4.32. The van der Waals surface area contributed by atoms with Crippen LogP contribution in [0.15, 0.2) is 24.3 Å². The first-order valence-electron chi connectivity index (χ1n) is 5.90. The number of primary amides is 1. The Kier molecular flexibility index (Phi) is 5.15. The molecule has 0 aliphatic carbocycles. The van der Waals surface area contributed by atoms with E-state index < -0.39 is 28.8 Å². The highest BCUT2D eigenvalue weighted by Gasteiger charge is 2.19. The molecule has 5 N–H and O–H groups in total. The molecule has 0 aliphatic rings. The highest BCUT2D eigenvalue weighted by molar-refractivity contribution is 5.87. The van der Waals surface area contributed by atoms with Crippen molar-refractivity contribution in [2.24, 2.45) is 11.5 Å². The van der Waals surface area contributed by atoms with Gasteiger partial charge in [0.1, 0.15) is 0 Å². The number of nitrogens with zero attached hydrogens (tertiary/aromatic N) is 1. The zero-order valence-corrected chi connectivity index (χ0v) is 10.9. The summed E-state index contributed by atoms with van der Waals surface area (Å²) in [6.07, 6.45) is -0.256. The monoisotopic (exact) mass is 280 g/mol. The van der Waals surface area contributed by atoms with E-state index in [4.69, 9.17) is 11.5 Å². The number of nitro benzene ring substituents is 1. The molecular weight excluding hydrogens is 264 g/mol. The van der Waals surface area contributed by atoms with Crippen molar-refractivity contribution < 1.29 is 14.5 Å². The van der Waals surface area contributed by atoms with Crippen molar-refractivity contribution >= 4 is 17.5 Å². The molecule has 8 nitrogen and oxygen atoms in total. The van der Waals surface area contributed by atoms with Gasteiger partial charge >= 0.3 is 0 Å². The fourth-order valence-corrected chi connectivity index (χ4v) is 1.62. The third-order valence-corrected chi connectivity index (χ3v) is 2.70. The number of nitrogens with two attached hydrogens (primary N) is 2. The highest BCUT2D eigenvalue weighted by Crippen LogP contribution is 2.18. The minimum absolute atomic E-state index is 0.0648. The summed E-state index contributed by atoms with van der Waals surface area (Å²) in [5.74, 6) is -1.21. The fourth-order valence-electron chi connectivity index (χ4n) is 1.62. The molecule has 2 atom stereocenters. The average Bonchev–Trinajstić information content (AvgIpc) is 2.37. The standard InChI is InChI=1S/C12H16N4O4/c1-7(15-12(18)10(13)6-11(14)17)8-3-2-4-9(5-8)16(19)20/h2-5,7,10H,6,13H2,1H3,(H2,14,17)(H,15,18). The number of nitrogens with one attached hydrogen (secondary N) is 1. The number of benzene rings is 1. The second kappa shape index (κ2) is 6.62.